The van der Waals surface area contributed by atoms with Crippen LogP contribution in [0, 0.1) is 0 Å². The van der Waals surface area contributed by atoms with Gasteiger partial charge in [0, 0.05) is 11.1 Å². The first-order valence-corrected chi connectivity index (χ1v) is 7.95. The minimum absolute atomic E-state index is 0.260. The molecular formula is C18H18ClNO. The second kappa shape index (κ2) is 5.27. The number of anilines is 1. The number of hydrogen-bond acceptors (Lipinski definition) is 2. The lowest BCUT2D eigenvalue weighted by atomic mass is 9.79. The summed E-state index contributed by atoms with van der Waals surface area (Å²) in [5.74, 6) is 1.51. The number of fused-ring (bicyclic) bond motifs is 2. The molecular weight excluding hydrogens is 282 g/mol. The van der Waals surface area contributed by atoms with Gasteiger partial charge in [0.1, 0.15) is 11.9 Å². The Hall–Kier alpha value is -1.67. The Morgan fingerprint density at radius 2 is 1.90 bits per heavy atom. The van der Waals surface area contributed by atoms with E-state index in [1.165, 1.54) is 12.0 Å². The average Bonchev–Trinajstić information content (AvgIpc) is 2.53. The van der Waals surface area contributed by atoms with Gasteiger partial charge < -0.3 is 10.1 Å². The van der Waals surface area contributed by atoms with Gasteiger partial charge in [-0.2, -0.15) is 0 Å². The fourth-order valence-corrected chi connectivity index (χ4v) is 3.70. The first-order chi connectivity index (χ1) is 10.3. The van der Waals surface area contributed by atoms with Gasteiger partial charge in [-0.3, -0.25) is 0 Å². The Bertz CT molecular complexity index is 643. The molecule has 2 aliphatic rings. The molecule has 2 aromatic carbocycles. The predicted octanol–water partition coefficient (Wildman–Crippen LogP) is 4.85. The number of rotatable bonds is 1. The highest BCUT2D eigenvalue weighted by Crippen LogP contribution is 2.41. The first-order valence-electron chi connectivity index (χ1n) is 7.57. The third-order valence-corrected chi connectivity index (χ3v) is 4.86. The summed E-state index contributed by atoms with van der Waals surface area (Å²) in [4.78, 5) is 0. The molecule has 1 aliphatic heterocycles. The van der Waals surface area contributed by atoms with Crippen molar-refractivity contribution in [3.8, 4) is 5.75 Å². The number of ether oxygens (including phenoxy) is 1. The van der Waals surface area contributed by atoms with E-state index >= 15 is 0 Å². The van der Waals surface area contributed by atoms with Gasteiger partial charge in [0.25, 0.3) is 0 Å². The monoisotopic (exact) mass is 299 g/mol. The van der Waals surface area contributed by atoms with Crippen LogP contribution in [0.25, 0.3) is 0 Å². The molecule has 1 heterocycles. The molecule has 3 heteroatoms. The average molecular weight is 300 g/mol. The van der Waals surface area contributed by atoms with Crippen LogP contribution in [0.2, 0.25) is 5.02 Å². The molecule has 2 aromatic rings. The van der Waals surface area contributed by atoms with Gasteiger partial charge in [-0.05, 0) is 42.9 Å². The Morgan fingerprint density at radius 3 is 2.76 bits per heavy atom. The molecule has 0 saturated heterocycles. The smallest absolute Gasteiger partial charge is 0.144 e. The van der Waals surface area contributed by atoms with Crippen LogP contribution in [0.15, 0.2) is 48.5 Å². The van der Waals surface area contributed by atoms with E-state index in [2.05, 4.69) is 35.6 Å². The first kappa shape index (κ1) is 13.0. The van der Waals surface area contributed by atoms with Crippen molar-refractivity contribution in [2.75, 3.05) is 5.32 Å². The van der Waals surface area contributed by atoms with Crippen LogP contribution in [0.1, 0.15) is 30.7 Å². The Morgan fingerprint density at radius 1 is 1.05 bits per heavy atom. The zero-order valence-electron chi connectivity index (χ0n) is 11.8. The molecule has 1 saturated carbocycles. The molecule has 2 nitrogen and oxygen atoms in total. The van der Waals surface area contributed by atoms with Crippen molar-refractivity contribution in [1.29, 1.82) is 0 Å². The lowest BCUT2D eigenvalue weighted by Gasteiger charge is -2.41. The molecule has 1 fully saturated rings. The topological polar surface area (TPSA) is 21.3 Å². The molecule has 108 valence electrons. The van der Waals surface area contributed by atoms with Crippen LogP contribution in [-0.2, 0) is 0 Å². The summed E-state index contributed by atoms with van der Waals surface area (Å²) in [6, 6.07) is 17.0. The highest BCUT2D eigenvalue weighted by atomic mass is 35.5. The van der Waals surface area contributed by atoms with E-state index in [4.69, 9.17) is 16.3 Å². The highest BCUT2D eigenvalue weighted by Gasteiger charge is 2.36. The summed E-state index contributed by atoms with van der Waals surface area (Å²) in [5.41, 5.74) is 2.51. The maximum atomic E-state index is 6.15. The van der Waals surface area contributed by atoms with Crippen LogP contribution in [-0.4, -0.2) is 12.1 Å². The van der Waals surface area contributed by atoms with Crippen molar-refractivity contribution < 1.29 is 4.74 Å². The zero-order chi connectivity index (χ0) is 14.2. The molecule has 3 atom stereocenters. The lowest BCUT2D eigenvalue weighted by molar-refractivity contribution is 0.123. The summed E-state index contributed by atoms with van der Waals surface area (Å²) in [5, 5.41) is 4.37. The number of hydrogen-bond donors (Lipinski definition) is 1. The Balaban J connectivity index is 1.56. The normalized spacial score (nSPS) is 27.0. The largest absolute Gasteiger partial charge is 0.486 e. The van der Waals surface area contributed by atoms with Crippen LogP contribution < -0.4 is 10.1 Å². The van der Waals surface area contributed by atoms with Gasteiger partial charge >= 0.3 is 0 Å². The van der Waals surface area contributed by atoms with Crippen molar-refractivity contribution >= 4 is 17.3 Å². The van der Waals surface area contributed by atoms with E-state index in [0.29, 0.717) is 12.0 Å². The van der Waals surface area contributed by atoms with E-state index in [-0.39, 0.29) is 6.10 Å². The molecule has 1 aliphatic carbocycles. The van der Waals surface area contributed by atoms with E-state index in [0.717, 1.165) is 29.3 Å². The van der Waals surface area contributed by atoms with Gasteiger partial charge in [-0.1, -0.05) is 41.9 Å². The van der Waals surface area contributed by atoms with Crippen molar-refractivity contribution in [3.05, 3.63) is 59.1 Å². The summed E-state index contributed by atoms with van der Waals surface area (Å²) < 4.78 is 6.15. The van der Waals surface area contributed by atoms with Crippen molar-refractivity contribution in [2.24, 2.45) is 0 Å². The fraction of sp³-hybridized carbons (Fsp3) is 0.333. The van der Waals surface area contributed by atoms with Crippen LogP contribution >= 0.6 is 11.6 Å². The number of benzene rings is 2. The molecule has 0 aromatic heterocycles. The predicted molar refractivity (Wildman–Crippen MR) is 86.3 cm³/mol. The standard InChI is InChI=1S/C18H18ClNO/c19-14-7-8-15-18(11-14)21-17-9-6-13(10-16(17)20-15)12-4-2-1-3-5-12/h1-5,7-8,11,13,16-17,20H,6,9-10H2. The molecule has 3 unspecified atom stereocenters. The van der Waals surface area contributed by atoms with Gasteiger partial charge in [0.2, 0.25) is 0 Å². The van der Waals surface area contributed by atoms with Gasteiger partial charge in [0.05, 0.1) is 11.7 Å². The maximum absolute atomic E-state index is 6.15. The number of halogens is 1. The van der Waals surface area contributed by atoms with E-state index in [9.17, 15) is 0 Å². The van der Waals surface area contributed by atoms with Crippen LogP contribution in [0.3, 0.4) is 0 Å². The quantitative estimate of drug-likeness (QED) is 0.813. The molecule has 1 N–H and O–H groups in total. The third-order valence-electron chi connectivity index (χ3n) is 4.62. The van der Waals surface area contributed by atoms with Gasteiger partial charge in [-0.25, -0.2) is 0 Å². The Kier molecular flexibility index (Phi) is 3.27. The van der Waals surface area contributed by atoms with Gasteiger partial charge in [0.15, 0.2) is 0 Å². The molecule has 0 spiro atoms. The summed E-state index contributed by atoms with van der Waals surface area (Å²) in [6.07, 6.45) is 3.65. The second-order valence-corrected chi connectivity index (χ2v) is 6.40. The third kappa shape index (κ3) is 2.49. The summed E-state index contributed by atoms with van der Waals surface area (Å²) in [6.45, 7) is 0. The van der Waals surface area contributed by atoms with Crippen molar-refractivity contribution in [1.82, 2.24) is 0 Å². The van der Waals surface area contributed by atoms with E-state index in [1.54, 1.807) is 0 Å². The summed E-state index contributed by atoms with van der Waals surface area (Å²) in [7, 11) is 0. The van der Waals surface area contributed by atoms with E-state index in [1.807, 2.05) is 18.2 Å². The Labute approximate surface area is 130 Å². The van der Waals surface area contributed by atoms with Crippen LogP contribution in [0.4, 0.5) is 5.69 Å². The van der Waals surface area contributed by atoms with Crippen molar-refractivity contribution in [2.45, 2.75) is 37.3 Å². The zero-order valence-corrected chi connectivity index (χ0v) is 12.5. The highest BCUT2D eigenvalue weighted by molar-refractivity contribution is 6.30. The minimum atomic E-state index is 0.260. The summed E-state index contributed by atoms with van der Waals surface area (Å²) >= 11 is 6.05. The molecule has 0 bridgehead atoms. The van der Waals surface area contributed by atoms with Crippen molar-refractivity contribution in [3.63, 3.8) is 0 Å². The fourth-order valence-electron chi connectivity index (χ4n) is 3.54. The second-order valence-electron chi connectivity index (χ2n) is 5.97. The maximum Gasteiger partial charge on any atom is 0.144 e. The van der Waals surface area contributed by atoms with E-state index < -0.39 is 0 Å². The number of nitrogens with one attached hydrogen (secondary N) is 1. The lowest BCUT2D eigenvalue weighted by Crippen LogP contribution is -2.45. The molecule has 0 amide bonds. The van der Waals surface area contributed by atoms with Gasteiger partial charge in [-0.15, -0.1) is 0 Å². The molecule has 4 rings (SSSR count). The van der Waals surface area contributed by atoms with Crippen LogP contribution in [0.5, 0.6) is 5.75 Å². The minimum Gasteiger partial charge on any atom is -0.486 e. The molecule has 21 heavy (non-hydrogen) atoms. The molecule has 0 radical (unpaired) electrons. The SMILES string of the molecule is Clc1ccc2c(c1)OC1CCC(c3ccccc3)CC1N2.